The maximum absolute atomic E-state index is 11.8. The van der Waals surface area contributed by atoms with Crippen LogP contribution in [-0.4, -0.2) is 11.5 Å². The number of ketones is 1. The van der Waals surface area contributed by atoms with E-state index in [4.69, 9.17) is 5.26 Å². The van der Waals surface area contributed by atoms with Gasteiger partial charge in [0.1, 0.15) is 17.4 Å². The van der Waals surface area contributed by atoms with Crippen LogP contribution in [0.2, 0.25) is 0 Å². The number of nitrogens with zero attached hydrogens (tertiary/aromatic N) is 2. The molecule has 74 valence electrons. The van der Waals surface area contributed by atoms with Gasteiger partial charge in [-0.2, -0.15) is 5.26 Å². The molecule has 0 fully saturated rings. The molecule has 0 saturated heterocycles. The highest BCUT2D eigenvalue weighted by molar-refractivity contribution is 6.63. The summed E-state index contributed by atoms with van der Waals surface area (Å²) in [5, 5.41) is 8.77. The fraction of sp³-hybridized carbons (Fsp3) is 0. The molecule has 0 atom stereocenters. The Labute approximate surface area is 92.0 Å². The molecule has 0 N–H and O–H groups in total. The van der Waals surface area contributed by atoms with E-state index < -0.39 is 0 Å². The van der Waals surface area contributed by atoms with E-state index in [2.05, 4.69) is 4.99 Å². The molecular formula is C13H6N2O. The predicted octanol–water partition coefficient (Wildman–Crippen LogP) is 2.19. The smallest absolute Gasteiger partial charge is 0.222 e. The molecule has 1 heterocycles. The summed E-state index contributed by atoms with van der Waals surface area (Å²) in [6, 6.07) is 9.46. The van der Waals surface area contributed by atoms with Crippen LogP contribution >= 0.6 is 0 Å². The summed E-state index contributed by atoms with van der Waals surface area (Å²) < 4.78 is 0. The first-order valence-corrected chi connectivity index (χ1v) is 4.86. The summed E-state index contributed by atoms with van der Waals surface area (Å²) in [6.07, 6.45) is 3.34. The van der Waals surface area contributed by atoms with Crippen LogP contribution in [0.4, 0.5) is 5.69 Å². The van der Waals surface area contributed by atoms with Crippen LogP contribution in [0.3, 0.4) is 0 Å². The standard InChI is InChI=1S/C13H6N2O/c14-7-8-5-6-10-9-3-1-2-4-11(9)15-12(10)13(8)16/h1-6H. The van der Waals surface area contributed by atoms with E-state index in [0.717, 1.165) is 16.8 Å². The van der Waals surface area contributed by atoms with Crippen LogP contribution in [0.5, 0.6) is 0 Å². The topological polar surface area (TPSA) is 53.2 Å². The Morgan fingerprint density at radius 1 is 1.19 bits per heavy atom. The first-order chi connectivity index (χ1) is 7.81. The molecule has 0 saturated carbocycles. The molecule has 0 amide bonds. The van der Waals surface area contributed by atoms with E-state index in [9.17, 15) is 4.79 Å². The molecule has 2 aliphatic rings. The van der Waals surface area contributed by atoms with Crippen LogP contribution < -0.4 is 0 Å². The molecule has 1 aromatic carbocycles. The molecule has 3 heteroatoms. The van der Waals surface area contributed by atoms with Crippen molar-refractivity contribution >= 4 is 22.8 Å². The molecule has 1 aliphatic carbocycles. The number of nitriles is 1. The number of aliphatic imine (C=N–C) groups is 1. The van der Waals surface area contributed by atoms with Crippen molar-refractivity contribution in [3.8, 4) is 6.07 Å². The van der Waals surface area contributed by atoms with Crippen LogP contribution in [0.1, 0.15) is 5.56 Å². The monoisotopic (exact) mass is 206 g/mol. The lowest BCUT2D eigenvalue weighted by atomic mass is 9.92. The number of para-hydroxylation sites is 1. The molecule has 16 heavy (non-hydrogen) atoms. The Balaban J connectivity index is 2.24. The van der Waals surface area contributed by atoms with Gasteiger partial charge in [0.05, 0.1) is 5.69 Å². The Kier molecular flexibility index (Phi) is 1.66. The highest BCUT2D eigenvalue weighted by Gasteiger charge is 2.29. The average molecular weight is 206 g/mol. The largest absolute Gasteiger partial charge is 0.286 e. The van der Waals surface area contributed by atoms with Gasteiger partial charge in [0, 0.05) is 11.1 Å². The first-order valence-electron chi connectivity index (χ1n) is 4.86. The molecule has 3 rings (SSSR count). The zero-order chi connectivity index (χ0) is 11.1. The van der Waals surface area contributed by atoms with Crippen LogP contribution in [0.15, 0.2) is 47.0 Å². The van der Waals surface area contributed by atoms with Gasteiger partial charge in [-0.25, -0.2) is 4.99 Å². The fourth-order valence-corrected chi connectivity index (χ4v) is 1.91. The lowest BCUT2D eigenvalue weighted by Gasteiger charge is -2.06. The lowest BCUT2D eigenvalue weighted by molar-refractivity contribution is -0.109. The zero-order valence-corrected chi connectivity index (χ0v) is 8.27. The van der Waals surface area contributed by atoms with Gasteiger partial charge in [0.15, 0.2) is 0 Å². The second kappa shape index (κ2) is 3.01. The molecular weight excluding hydrogens is 200 g/mol. The quantitative estimate of drug-likeness (QED) is 0.611. The Morgan fingerprint density at radius 2 is 2.00 bits per heavy atom. The van der Waals surface area contributed by atoms with E-state index in [1.807, 2.05) is 30.3 Å². The van der Waals surface area contributed by atoms with Gasteiger partial charge in [-0.15, -0.1) is 0 Å². The highest BCUT2D eigenvalue weighted by Crippen LogP contribution is 2.36. The third-order valence-corrected chi connectivity index (χ3v) is 2.68. The summed E-state index contributed by atoms with van der Waals surface area (Å²) >= 11 is 0. The van der Waals surface area contributed by atoms with Crippen molar-refractivity contribution in [1.82, 2.24) is 0 Å². The van der Waals surface area contributed by atoms with Crippen LogP contribution in [0, 0.1) is 11.3 Å². The molecule has 1 aromatic rings. The molecule has 0 unspecified atom stereocenters. The number of allylic oxidation sites excluding steroid dienone is 4. The van der Waals surface area contributed by atoms with Crippen molar-refractivity contribution in [3.05, 3.63) is 47.6 Å². The third-order valence-electron chi connectivity index (χ3n) is 2.68. The third kappa shape index (κ3) is 1.01. The van der Waals surface area contributed by atoms with Gasteiger partial charge in [0.2, 0.25) is 5.78 Å². The highest BCUT2D eigenvalue weighted by atomic mass is 16.1. The number of carbonyl (C=O) groups excluding carboxylic acids is 1. The zero-order valence-electron chi connectivity index (χ0n) is 8.27. The van der Waals surface area contributed by atoms with Crippen molar-refractivity contribution in [2.24, 2.45) is 4.99 Å². The Bertz CT molecular complexity index is 642. The minimum atomic E-state index is -0.281. The number of rotatable bonds is 0. The van der Waals surface area contributed by atoms with Crippen LogP contribution in [0.25, 0.3) is 5.57 Å². The van der Waals surface area contributed by atoms with Gasteiger partial charge < -0.3 is 0 Å². The maximum atomic E-state index is 11.8. The Hall–Kier alpha value is -2.47. The van der Waals surface area contributed by atoms with Crippen molar-refractivity contribution in [2.75, 3.05) is 0 Å². The molecule has 0 spiro atoms. The SMILES string of the molecule is N#CC1=CC=C2C(=Nc3ccccc32)C1=O. The summed E-state index contributed by atoms with van der Waals surface area (Å²) in [5.74, 6) is -0.281. The molecule has 3 nitrogen and oxygen atoms in total. The van der Waals surface area contributed by atoms with Gasteiger partial charge in [-0.1, -0.05) is 24.3 Å². The van der Waals surface area contributed by atoms with Crippen LogP contribution in [-0.2, 0) is 4.79 Å². The average Bonchev–Trinajstić information content (AvgIpc) is 2.69. The maximum Gasteiger partial charge on any atom is 0.222 e. The number of Topliss-reactive ketones (excluding diaryl/α,β-unsaturated/α-hetero) is 1. The van der Waals surface area contributed by atoms with Crippen molar-refractivity contribution in [3.63, 3.8) is 0 Å². The molecule has 1 aliphatic heterocycles. The first kappa shape index (κ1) is 8.81. The molecule has 0 aromatic heterocycles. The number of fused-ring (bicyclic) bond motifs is 3. The normalized spacial score (nSPS) is 16.7. The minimum absolute atomic E-state index is 0.148. The van der Waals surface area contributed by atoms with Crippen molar-refractivity contribution in [2.45, 2.75) is 0 Å². The summed E-state index contributed by atoms with van der Waals surface area (Å²) in [4.78, 5) is 16.1. The second-order valence-corrected chi connectivity index (χ2v) is 3.58. The summed E-state index contributed by atoms with van der Waals surface area (Å²) in [7, 11) is 0. The van der Waals surface area contributed by atoms with Crippen molar-refractivity contribution < 1.29 is 4.79 Å². The van der Waals surface area contributed by atoms with Gasteiger partial charge >= 0.3 is 0 Å². The van der Waals surface area contributed by atoms with E-state index in [0.29, 0.717) is 5.71 Å². The second-order valence-electron chi connectivity index (χ2n) is 3.58. The van der Waals surface area contributed by atoms with Gasteiger partial charge in [-0.3, -0.25) is 4.79 Å². The predicted molar refractivity (Wildman–Crippen MR) is 60.2 cm³/mol. The minimum Gasteiger partial charge on any atom is -0.286 e. The summed E-state index contributed by atoms with van der Waals surface area (Å²) in [5.41, 5.74) is 3.11. The number of hydrogen-bond acceptors (Lipinski definition) is 3. The van der Waals surface area contributed by atoms with Crippen molar-refractivity contribution in [1.29, 1.82) is 5.26 Å². The van der Waals surface area contributed by atoms with E-state index in [1.165, 1.54) is 0 Å². The van der Waals surface area contributed by atoms with E-state index in [-0.39, 0.29) is 11.4 Å². The number of benzene rings is 1. The lowest BCUT2D eigenvalue weighted by Crippen LogP contribution is -2.17. The molecule has 0 radical (unpaired) electrons. The molecule has 0 bridgehead atoms. The van der Waals surface area contributed by atoms with Gasteiger partial charge in [-0.05, 0) is 12.1 Å². The van der Waals surface area contributed by atoms with Gasteiger partial charge in [0.25, 0.3) is 0 Å². The van der Waals surface area contributed by atoms with E-state index >= 15 is 0 Å². The number of carbonyl (C=O) groups is 1. The fourth-order valence-electron chi connectivity index (χ4n) is 1.91. The summed E-state index contributed by atoms with van der Waals surface area (Å²) in [6.45, 7) is 0. The number of hydrogen-bond donors (Lipinski definition) is 0. The Morgan fingerprint density at radius 3 is 2.81 bits per heavy atom. The van der Waals surface area contributed by atoms with E-state index in [1.54, 1.807) is 12.2 Å².